The van der Waals surface area contributed by atoms with Gasteiger partial charge in [0.05, 0.1) is 0 Å². The number of hydrogen-bond acceptors (Lipinski definition) is 4. The Bertz CT molecular complexity index is 376. The first kappa shape index (κ1) is 14.3. The summed E-state index contributed by atoms with van der Waals surface area (Å²) in [7, 11) is 0. The van der Waals surface area contributed by atoms with Crippen LogP contribution in [0.3, 0.4) is 0 Å². The molecule has 3 N–H and O–H groups in total. The second-order valence-corrected chi connectivity index (χ2v) is 6.86. The number of nitrogens with two attached hydrogens (primary N) is 1. The number of carboxylic acids is 1. The molecular formula is C15H27N3O2. The van der Waals surface area contributed by atoms with Gasteiger partial charge in [0.2, 0.25) is 0 Å². The zero-order valence-corrected chi connectivity index (χ0v) is 12.3. The van der Waals surface area contributed by atoms with Crippen LogP contribution in [0.2, 0.25) is 0 Å². The topological polar surface area (TPSA) is 69.8 Å². The zero-order valence-electron chi connectivity index (χ0n) is 12.3. The Morgan fingerprint density at radius 2 is 2.10 bits per heavy atom. The highest BCUT2D eigenvalue weighted by Crippen LogP contribution is 2.36. The Hall–Kier alpha value is -0.650. The largest absolute Gasteiger partial charge is 0.480 e. The Balaban J connectivity index is 1.51. The van der Waals surface area contributed by atoms with Crippen LogP contribution in [0.1, 0.15) is 38.5 Å². The highest BCUT2D eigenvalue weighted by atomic mass is 16.4. The van der Waals surface area contributed by atoms with Crippen molar-refractivity contribution < 1.29 is 9.90 Å². The standard InChI is InChI=1S/C15H27N3O2/c16-15(14(19)20)6-1-3-12(15)5-8-17-9-10-18-7-2-4-13(18)11-17/h12-13H,1-11,16H2,(H,19,20). The molecule has 5 heteroatoms. The SMILES string of the molecule is NC1(C(=O)O)CCCC1CCN1CCN2CCCC2C1. The maximum Gasteiger partial charge on any atom is 0.323 e. The fourth-order valence-corrected chi connectivity index (χ4v) is 4.38. The average Bonchev–Trinajstić information content (AvgIpc) is 3.03. The molecule has 0 aromatic heterocycles. The predicted molar refractivity (Wildman–Crippen MR) is 77.5 cm³/mol. The highest BCUT2D eigenvalue weighted by molar-refractivity contribution is 5.79. The minimum absolute atomic E-state index is 0.154. The molecule has 0 bridgehead atoms. The molecular weight excluding hydrogens is 254 g/mol. The minimum atomic E-state index is -0.963. The van der Waals surface area contributed by atoms with Crippen LogP contribution in [0.15, 0.2) is 0 Å². The summed E-state index contributed by atoms with van der Waals surface area (Å²) in [5.74, 6) is -0.651. The molecule has 2 saturated heterocycles. The van der Waals surface area contributed by atoms with Crippen LogP contribution in [0.5, 0.6) is 0 Å². The first-order chi connectivity index (χ1) is 9.59. The molecule has 1 saturated carbocycles. The second-order valence-electron chi connectivity index (χ2n) is 6.86. The molecule has 114 valence electrons. The van der Waals surface area contributed by atoms with Gasteiger partial charge in [-0.25, -0.2) is 0 Å². The maximum absolute atomic E-state index is 11.4. The van der Waals surface area contributed by atoms with Crippen LogP contribution in [0.4, 0.5) is 0 Å². The van der Waals surface area contributed by atoms with E-state index >= 15 is 0 Å². The number of carboxylic acid groups (broad SMARTS) is 1. The van der Waals surface area contributed by atoms with Crippen LogP contribution in [-0.4, -0.2) is 65.2 Å². The Morgan fingerprint density at radius 1 is 1.25 bits per heavy atom. The smallest absolute Gasteiger partial charge is 0.323 e. The average molecular weight is 281 g/mol. The summed E-state index contributed by atoms with van der Waals surface area (Å²) in [4.78, 5) is 16.5. The summed E-state index contributed by atoms with van der Waals surface area (Å²) in [6.07, 6.45) is 6.19. The number of aliphatic carboxylic acids is 1. The molecule has 0 aromatic carbocycles. The summed E-state index contributed by atoms with van der Waals surface area (Å²) in [5.41, 5.74) is 5.16. The van der Waals surface area contributed by atoms with E-state index in [-0.39, 0.29) is 5.92 Å². The fourth-order valence-electron chi connectivity index (χ4n) is 4.38. The van der Waals surface area contributed by atoms with Gasteiger partial charge < -0.3 is 15.7 Å². The second kappa shape index (κ2) is 5.62. The molecule has 3 rings (SSSR count). The molecule has 20 heavy (non-hydrogen) atoms. The van der Waals surface area contributed by atoms with Crippen LogP contribution < -0.4 is 5.73 Å². The number of hydrogen-bond donors (Lipinski definition) is 2. The van der Waals surface area contributed by atoms with Crippen molar-refractivity contribution in [3.8, 4) is 0 Å². The third-order valence-electron chi connectivity index (χ3n) is 5.73. The highest BCUT2D eigenvalue weighted by Gasteiger charge is 2.45. The van der Waals surface area contributed by atoms with Gasteiger partial charge in [-0.1, -0.05) is 6.42 Å². The van der Waals surface area contributed by atoms with Crippen molar-refractivity contribution in [3.63, 3.8) is 0 Å². The minimum Gasteiger partial charge on any atom is -0.480 e. The van der Waals surface area contributed by atoms with Crippen LogP contribution >= 0.6 is 0 Å². The first-order valence-electron chi connectivity index (χ1n) is 8.08. The monoisotopic (exact) mass is 281 g/mol. The van der Waals surface area contributed by atoms with E-state index < -0.39 is 11.5 Å². The lowest BCUT2D eigenvalue weighted by Crippen LogP contribution is -2.53. The van der Waals surface area contributed by atoms with E-state index in [1.54, 1.807) is 0 Å². The number of fused-ring (bicyclic) bond motifs is 1. The zero-order chi connectivity index (χ0) is 14.2. The first-order valence-corrected chi connectivity index (χ1v) is 8.08. The van der Waals surface area contributed by atoms with Gasteiger partial charge in [-0.15, -0.1) is 0 Å². The maximum atomic E-state index is 11.4. The summed E-state index contributed by atoms with van der Waals surface area (Å²) in [6.45, 7) is 5.76. The number of rotatable bonds is 4. The quantitative estimate of drug-likeness (QED) is 0.795. The molecule has 5 nitrogen and oxygen atoms in total. The van der Waals surface area contributed by atoms with Crippen molar-refractivity contribution in [2.75, 3.05) is 32.7 Å². The van der Waals surface area contributed by atoms with E-state index in [0.717, 1.165) is 44.9 Å². The number of carbonyl (C=O) groups is 1. The summed E-state index contributed by atoms with van der Waals surface area (Å²) < 4.78 is 0. The van der Waals surface area contributed by atoms with Gasteiger partial charge in [0.25, 0.3) is 0 Å². The summed E-state index contributed by atoms with van der Waals surface area (Å²) in [6, 6.07) is 0.745. The molecule has 0 radical (unpaired) electrons. The number of nitrogens with zero attached hydrogens (tertiary/aromatic N) is 2. The van der Waals surface area contributed by atoms with E-state index in [4.69, 9.17) is 5.73 Å². The molecule has 3 fully saturated rings. The summed E-state index contributed by atoms with van der Waals surface area (Å²) in [5, 5.41) is 9.36. The fraction of sp³-hybridized carbons (Fsp3) is 0.933. The van der Waals surface area contributed by atoms with Crippen LogP contribution in [0.25, 0.3) is 0 Å². The molecule has 1 aliphatic carbocycles. The van der Waals surface area contributed by atoms with Crippen molar-refractivity contribution in [2.45, 2.75) is 50.1 Å². The molecule has 0 aromatic rings. The van der Waals surface area contributed by atoms with E-state index in [2.05, 4.69) is 9.80 Å². The van der Waals surface area contributed by atoms with E-state index in [1.165, 1.54) is 25.9 Å². The molecule has 3 unspecified atom stereocenters. The number of piperazine rings is 1. The van der Waals surface area contributed by atoms with Crippen LogP contribution in [0, 0.1) is 5.92 Å². The van der Waals surface area contributed by atoms with Crippen molar-refractivity contribution in [1.29, 1.82) is 0 Å². The van der Waals surface area contributed by atoms with Crippen molar-refractivity contribution >= 4 is 5.97 Å². The third kappa shape index (κ3) is 2.59. The van der Waals surface area contributed by atoms with Gasteiger partial charge in [0.1, 0.15) is 5.54 Å². The summed E-state index contributed by atoms with van der Waals surface area (Å²) >= 11 is 0. The predicted octanol–water partition coefficient (Wildman–Crippen LogP) is 0.739. The van der Waals surface area contributed by atoms with E-state index in [9.17, 15) is 9.90 Å². The molecule has 2 aliphatic heterocycles. The van der Waals surface area contributed by atoms with Gasteiger partial charge in [-0.3, -0.25) is 9.69 Å². The van der Waals surface area contributed by atoms with Gasteiger partial charge in [0, 0.05) is 25.7 Å². The van der Waals surface area contributed by atoms with Crippen LogP contribution in [-0.2, 0) is 4.79 Å². The van der Waals surface area contributed by atoms with E-state index in [1.807, 2.05) is 0 Å². The van der Waals surface area contributed by atoms with Crippen molar-refractivity contribution in [1.82, 2.24) is 9.80 Å². The molecule has 0 spiro atoms. The normalized spacial score (nSPS) is 39.0. The third-order valence-corrected chi connectivity index (χ3v) is 5.73. The van der Waals surface area contributed by atoms with E-state index in [0.29, 0.717) is 6.42 Å². The lowest BCUT2D eigenvalue weighted by atomic mass is 9.85. The molecule has 3 atom stereocenters. The Morgan fingerprint density at radius 3 is 2.90 bits per heavy atom. The molecule has 3 aliphatic rings. The van der Waals surface area contributed by atoms with Gasteiger partial charge in [-0.05, 0) is 51.1 Å². The van der Waals surface area contributed by atoms with Gasteiger partial charge in [0.15, 0.2) is 0 Å². The Labute approximate surface area is 121 Å². The van der Waals surface area contributed by atoms with Crippen molar-refractivity contribution in [2.24, 2.45) is 11.7 Å². The lowest BCUT2D eigenvalue weighted by molar-refractivity contribution is -0.144. The lowest BCUT2D eigenvalue weighted by Gasteiger charge is -2.38. The van der Waals surface area contributed by atoms with Gasteiger partial charge in [-0.2, -0.15) is 0 Å². The molecule has 0 amide bonds. The Kier molecular flexibility index (Phi) is 4.02. The van der Waals surface area contributed by atoms with Crippen molar-refractivity contribution in [3.05, 3.63) is 0 Å². The molecule has 2 heterocycles. The van der Waals surface area contributed by atoms with Gasteiger partial charge >= 0.3 is 5.97 Å².